The van der Waals surface area contributed by atoms with Crippen molar-refractivity contribution in [1.82, 2.24) is 0 Å². The van der Waals surface area contributed by atoms with Gasteiger partial charge in [0.2, 0.25) is 0 Å². The Morgan fingerprint density at radius 2 is 1.79 bits per heavy atom. The zero-order valence-corrected chi connectivity index (χ0v) is 10.6. The van der Waals surface area contributed by atoms with Gasteiger partial charge in [0, 0.05) is 0 Å². The van der Waals surface area contributed by atoms with E-state index in [1.807, 2.05) is 0 Å². The van der Waals surface area contributed by atoms with Gasteiger partial charge in [0.25, 0.3) is 0 Å². The predicted octanol–water partition coefficient (Wildman–Crippen LogP) is 4.66. The third kappa shape index (κ3) is 2.62. The van der Waals surface area contributed by atoms with Gasteiger partial charge in [-0.1, -0.05) is 46.3 Å². The molecule has 1 fully saturated rings. The van der Waals surface area contributed by atoms with E-state index in [2.05, 4.69) is 41.2 Å². The molecule has 3 unspecified atom stereocenters. The minimum atomic E-state index is 0.443. The Bertz CT molecular complexity index is 207. The molecule has 1 aliphatic carbocycles. The first-order valence-corrected chi connectivity index (χ1v) is 5.97. The smallest absolute Gasteiger partial charge is 0.0175 e. The molecule has 0 spiro atoms. The van der Waals surface area contributed by atoms with Crippen LogP contribution in [0, 0.1) is 23.2 Å². The average Bonchev–Trinajstić information content (AvgIpc) is 2.01. The van der Waals surface area contributed by atoms with Crippen molar-refractivity contribution in [2.24, 2.45) is 23.2 Å². The third-order valence-electron chi connectivity index (χ3n) is 3.86. The van der Waals surface area contributed by atoms with Crippen LogP contribution in [0.2, 0.25) is 0 Å². The summed E-state index contributed by atoms with van der Waals surface area (Å²) in [7, 11) is 0. The highest BCUT2D eigenvalue weighted by molar-refractivity contribution is 5.03. The molecule has 0 N–H and O–H groups in total. The Kier molecular flexibility index (Phi) is 3.44. The summed E-state index contributed by atoms with van der Waals surface area (Å²) < 4.78 is 0. The van der Waals surface area contributed by atoms with E-state index >= 15 is 0 Å². The summed E-state index contributed by atoms with van der Waals surface area (Å²) in [6.07, 6.45) is 4.14. The third-order valence-corrected chi connectivity index (χ3v) is 3.86. The van der Waals surface area contributed by atoms with Gasteiger partial charge in [-0.15, -0.1) is 0 Å². The molecule has 0 aromatic heterocycles. The molecule has 0 amide bonds. The molecule has 0 bridgehead atoms. The van der Waals surface area contributed by atoms with Crippen LogP contribution in [0.3, 0.4) is 0 Å². The largest absolute Gasteiger partial charge is 0.0999 e. The van der Waals surface area contributed by atoms with Crippen LogP contribution in [-0.2, 0) is 0 Å². The van der Waals surface area contributed by atoms with Crippen molar-refractivity contribution >= 4 is 0 Å². The highest BCUT2D eigenvalue weighted by Crippen LogP contribution is 2.46. The molecule has 0 aliphatic heterocycles. The van der Waals surface area contributed by atoms with Gasteiger partial charge in [-0.2, -0.15) is 0 Å². The van der Waals surface area contributed by atoms with Crippen LogP contribution in [0.5, 0.6) is 0 Å². The Morgan fingerprint density at radius 1 is 1.21 bits per heavy atom. The quantitative estimate of drug-likeness (QED) is 0.532. The van der Waals surface area contributed by atoms with Crippen molar-refractivity contribution in [3.63, 3.8) is 0 Å². The van der Waals surface area contributed by atoms with Crippen molar-refractivity contribution in [2.75, 3.05) is 0 Å². The lowest BCUT2D eigenvalue weighted by atomic mass is 9.62. The maximum Gasteiger partial charge on any atom is -0.0175 e. The van der Waals surface area contributed by atoms with Gasteiger partial charge in [0.1, 0.15) is 0 Å². The highest BCUT2D eigenvalue weighted by Gasteiger charge is 2.36. The molecular formula is C14H26. The molecule has 0 saturated heterocycles. The Hall–Kier alpha value is -0.260. The molecule has 0 nitrogen and oxygen atoms in total. The van der Waals surface area contributed by atoms with E-state index < -0.39 is 0 Å². The molecule has 0 aromatic rings. The first-order valence-electron chi connectivity index (χ1n) is 5.97. The van der Waals surface area contributed by atoms with Gasteiger partial charge in [-0.3, -0.25) is 0 Å². The maximum absolute atomic E-state index is 4.17. The van der Waals surface area contributed by atoms with Crippen LogP contribution in [-0.4, -0.2) is 0 Å². The lowest BCUT2D eigenvalue weighted by Gasteiger charge is -2.43. The van der Waals surface area contributed by atoms with Gasteiger partial charge < -0.3 is 0 Å². The van der Waals surface area contributed by atoms with Crippen LogP contribution >= 0.6 is 0 Å². The van der Waals surface area contributed by atoms with Gasteiger partial charge in [0.05, 0.1) is 0 Å². The highest BCUT2D eigenvalue weighted by atomic mass is 14.4. The summed E-state index contributed by atoms with van der Waals surface area (Å²) >= 11 is 0. The van der Waals surface area contributed by atoms with E-state index in [1.54, 1.807) is 0 Å². The Morgan fingerprint density at radius 3 is 2.21 bits per heavy atom. The topological polar surface area (TPSA) is 0 Å². The predicted molar refractivity (Wildman–Crippen MR) is 64.3 cm³/mol. The fourth-order valence-corrected chi connectivity index (χ4v) is 2.93. The number of hydrogen-bond acceptors (Lipinski definition) is 0. The minimum Gasteiger partial charge on any atom is -0.0999 e. The molecule has 14 heavy (non-hydrogen) atoms. The van der Waals surface area contributed by atoms with Crippen LogP contribution in [0.1, 0.15) is 53.9 Å². The van der Waals surface area contributed by atoms with Crippen LogP contribution in [0.4, 0.5) is 0 Å². The molecule has 1 saturated carbocycles. The van der Waals surface area contributed by atoms with Crippen molar-refractivity contribution in [1.29, 1.82) is 0 Å². The van der Waals surface area contributed by atoms with E-state index in [0.717, 1.165) is 17.8 Å². The Balaban J connectivity index is 2.79. The van der Waals surface area contributed by atoms with Crippen molar-refractivity contribution < 1.29 is 0 Å². The molecule has 0 heteroatoms. The molecule has 0 heterocycles. The number of rotatable bonds is 1. The summed E-state index contributed by atoms with van der Waals surface area (Å²) in [4.78, 5) is 0. The summed E-state index contributed by atoms with van der Waals surface area (Å²) in [6.45, 7) is 15.9. The van der Waals surface area contributed by atoms with Crippen LogP contribution in [0.25, 0.3) is 0 Å². The number of hydrogen-bond donors (Lipinski definition) is 0. The van der Waals surface area contributed by atoms with Crippen molar-refractivity contribution in [3.8, 4) is 0 Å². The molecule has 0 aromatic carbocycles. The van der Waals surface area contributed by atoms with Gasteiger partial charge in [-0.05, 0) is 42.9 Å². The average molecular weight is 194 g/mol. The van der Waals surface area contributed by atoms with E-state index in [9.17, 15) is 0 Å². The summed E-state index contributed by atoms with van der Waals surface area (Å²) in [5.41, 5.74) is 1.84. The second-order valence-corrected chi connectivity index (χ2v) is 6.34. The monoisotopic (exact) mass is 194 g/mol. The lowest BCUT2D eigenvalue weighted by Crippen LogP contribution is -2.34. The van der Waals surface area contributed by atoms with Gasteiger partial charge >= 0.3 is 0 Å². The van der Waals surface area contributed by atoms with E-state index in [4.69, 9.17) is 0 Å². The van der Waals surface area contributed by atoms with Gasteiger partial charge in [-0.25, -0.2) is 0 Å². The minimum absolute atomic E-state index is 0.443. The zero-order chi connectivity index (χ0) is 10.9. The number of allylic oxidation sites excluding steroid dienone is 1. The lowest BCUT2D eigenvalue weighted by molar-refractivity contribution is 0.101. The fraction of sp³-hybridized carbons (Fsp3) is 0.857. The van der Waals surface area contributed by atoms with E-state index in [-0.39, 0.29) is 0 Å². The molecule has 0 radical (unpaired) electrons. The van der Waals surface area contributed by atoms with Crippen LogP contribution in [0.15, 0.2) is 12.2 Å². The summed E-state index contributed by atoms with van der Waals surface area (Å²) in [5, 5.41) is 0. The summed E-state index contributed by atoms with van der Waals surface area (Å²) in [6, 6.07) is 0. The molecular weight excluding hydrogens is 168 g/mol. The first-order chi connectivity index (χ1) is 6.32. The second kappa shape index (κ2) is 4.08. The standard InChI is InChI=1S/C14H26/c1-10(2)12-8-7-11(3)9-13(12)14(4,5)6/h11-13H,1,7-9H2,2-6H3. The molecule has 1 rings (SSSR count). The SMILES string of the molecule is C=C(C)C1CCC(C)CC1C(C)(C)C. The Labute approximate surface area is 89.8 Å². The molecule has 1 aliphatic rings. The second-order valence-electron chi connectivity index (χ2n) is 6.34. The van der Waals surface area contributed by atoms with Gasteiger partial charge in [0.15, 0.2) is 0 Å². The van der Waals surface area contributed by atoms with E-state index in [0.29, 0.717) is 5.41 Å². The maximum atomic E-state index is 4.17. The van der Waals surface area contributed by atoms with Crippen molar-refractivity contribution in [2.45, 2.75) is 53.9 Å². The molecule has 3 atom stereocenters. The van der Waals surface area contributed by atoms with E-state index in [1.165, 1.54) is 24.8 Å². The first kappa shape index (κ1) is 11.8. The summed E-state index contributed by atoms with van der Waals surface area (Å²) in [5.74, 6) is 2.52. The normalized spacial score (nSPS) is 34.2. The fourth-order valence-electron chi connectivity index (χ4n) is 2.93. The van der Waals surface area contributed by atoms with Crippen molar-refractivity contribution in [3.05, 3.63) is 12.2 Å². The molecule has 82 valence electrons. The van der Waals surface area contributed by atoms with Crippen LogP contribution < -0.4 is 0 Å². The zero-order valence-electron chi connectivity index (χ0n) is 10.6.